The molecule has 0 spiro atoms. The summed E-state index contributed by atoms with van der Waals surface area (Å²) in [5.41, 5.74) is 0.505. The highest BCUT2D eigenvalue weighted by Gasteiger charge is 2.33. The first kappa shape index (κ1) is 8.58. The summed E-state index contributed by atoms with van der Waals surface area (Å²) in [4.78, 5) is 0.785. The summed E-state index contributed by atoms with van der Waals surface area (Å²) < 4.78 is 0. The van der Waals surface area contributed by atoms with Crippen molar-refractivity contribution >= 4 is 15.9 Å². The molecule has 10 heavy (non-hydrogen) atoms. The van der Waals surface area contributed by atoms with Gasteiger partial charge in [0.05, 0.1) is 0 Å². The quantitative estimate of drug-likeness (QED) is 0.530. The second-order valence-corrected chi connectivity index (χ2v) is 5.60. The minimum absolute atomic E-state index is 0.505. The third-order valence-electron chi connectivity index (χ3n) is 2.54. The van der Waals surface area contributed by atoms with Crippen LogP contribution in [0, 0.1) is 11.3 Å². The van der Waals surface area contributed by atoms with E-state index < -0.39 is 0 Å². The van der Waals surface area contributed by atoms with Crippen molar-refractivity contribution in [3.8, 4) is 0 Å². The van der Waals surface area contributed by atoms with Crippen LogP contribution in [0.15, 0.2) is 0 Å². The van der Waals surface area contributed by atoms with Crippen LogP contribution in [0.5, 0.6) is 0 Å². The molecule has 1 fully saturated rings. The van der Waals surface area contributed by atoms with E-state index in [1.165, 1.54) is 19.3 Å². The van der Waals surface area contributed by atoms with E-state index in [2.05, 4.69) is 36.7 Å². The van der Waals surface area contributed by atoms with Gasteiger partial charge >= 0.3 is 0 Å². The fourth-order valence-corrected chi connectivity index (χ4v) is 3.27. The van der Waals surface area contributed by atoms with Gasteiger partial charge in [0.25, 0.3) is 0 Å². The molecule has 1 rings (SSSR count). The topological polar surface area (TPSA) is 0 Å². The Bertz CT molecular complexity index is 112. The number of hydrogen-bond donors (Lipinski definition) is 0. The van der Waals surface area contributed by atoms with Gasteiger partial charge in [0.15, 0.2) is 0 Å². The molecular formula is C9H17Br. The van der Waals surface area contributed by atoms with E-state index in [9.17, 15) is 0 Å². The molecule has 0 bridgehead atoms. The third-order valence-corrected chi connectivity index (χ3v) is 3.64. The normalized spacial score (nSPS) is 34.8. The monoisotopic (exact) mass is 204 g/mol. The largest absolute Gasteiger partial charge is 0.0887 e. The molecule has 1 saturated carbocycles. The Morgan fingerprint density at radius 2 is 1.80 bits per heavy atom. The van der Waals surface area contributed by atoms with Gasteiger partial charge in [-0.3, -0.25) is 0 Å². The first-order valence-electron chi connectivity index (χ1n) is 4.16. The lowest BCUT2D eigenvalue weighted by molar-refractivity contribution is 0.254. The van der Waals surface area contributed by atoms with Gasteiger partial charge < -0.3 is 0 Å². The summed E-state index contributed by atoms with van der Waals surface area (Å²) in [5, 5.41) is 0. The molecule has 2 unspecified atom stereocenters. The van der Waals surface area contributed by atoms with Crippen molar-refractivity contribution in [3.63, 3.8) is 0 Å². The lowest BCUT2D eigenvalue weighted by atomic mass is 9.80. The van der Waals surface area contributed by atoms with Crippen molar-refractivity contribution in [1.29, 1.82) is 0 Å². The van der Waals surface area contributed by atoms with Gasteiger partial charge in [-0.05, 0) is 24.2 Å². The number of rotatable bonds is 0. The summed E-state index contributed by atoms with van der Waals surface area (Å²) >= 11 is 3.74. The Hall–Kier alpha value is 0.480. The predicted octanol–water partition coefficient (Wildman–Crippen LogP) is 3.60. The van der Waals surface area contributed by atoms with Crippen molar-refractivity contribution in [1.82, 2.24) is 0 Å². The van der Waals surface area contributed by atoms with E-state index in [0.29, 0.717) is 5.41 Å². The van der Waals surface area contributed by atoms with Gasteiger partial charge in [0.2, 0.25) is 0 Å². The highest BCUT2D eigenvalue weighted by atomic mass is 79.9. The van der Waals surface area contributed by atoms with E-state index >= 15 is 0 Å². The van der Waals surface area contributed by atoms with Gasteiger partial charge in [0.1, 0.15) is 0 Å². The van der Waals surface area contributed by atoms with Gasteiger partial charge in [-0.25, -0.2) is 0 Å². The van der Waals surface area contributed by atoms with Crippen LogP contribution < -0.4 is 0 Å². The van der Waals surface area contributed by atoms with Gasteiger partial charge in [0, 0.05) is 4.83 Å². The summed E-state index contributed by atoms with van der Waals surface area (Å²) in [5.74, 6) is 0.896. The van der Waals surface area contributed by atoms with Crippen LogP contribution in [0.1, 0.15) is 40.0 Å². The Morgan fingerprint density at radius 3 is 2.00 bits per heavy atom. The second-order valence-electron chi connectivity index (χ2n) is 4.42. The van der Waals surface area contributed by atoms with Gasteiger partial charge in [-0.15, -0.1) is 0 Å². The van der Waals surface area contributed by atoms with E-state index in [4.69, 9.17) is 0 Å². The molecule has 0 aromatic heterocycles. The molecule has 0 amide bonds. The lowest BCUT2D eigenvalue weighted by Crippen LogP contribution is -2.23. The summed E-state index contributed by atoms with van der Waals surface area (Å²) in [7, 11) is 0. The van der Waals surface area contributed by atoms with Crippen molar-refractivity contribution in [2.24, 2.45) is 11.3 Å². The Morgan fingerprint density at radius 1 is 1.20 bits per heavy atom. The molecule has 0 radical (unpaired) electrons. The van der Waals surface area contributed by atoms with Crippen LogP contribution in [0.25, 0.3) is 0 Å². The summed E-state index contributed by atoms with van der Waals surface area (Å²) in [6.07, 6.45) is 4.21. The molecule has 0 aliphatic heterocycles. The third kappa shape index (κ3) is 1.75. The van der Waals surface area contributed by atoms with Gasteiger partial charge in [-0.1, -0.05) is 43.1 Å². The van der Waals surface area contributed by atoms with Crippen LogP contribution >= 0.6 is 15.9 Å². The average molecular weight is 205 g/mol. The van der Waals surface area contributed by atoms with E-state index in [1.54, 1.807) is 0 Å². The zero-order chi connectivity index (χ0) is 7.78. The molecule has 1 aliphatic rings. The van der Waals surface area contributed by atoms with E-state index in [1.807, 2.05) is 0 Å². The summed E-state index contributed by atoms with van der Waals surface area (Å²) in [6, 6.07) is 0. The molecule has 0 nitrogen and oxygen atoms in total. The maximum absolute atomic E-state index is 3.74. The molecule has 0 aromatic carbocycles. The van der Waals surface area contributed by atoms with Crippen molar-refractivity contribution in [3.05, 3.63) is 0 Å². The maximum atomic E-state index is 3.74. The number of alkyl halides is 1. The van der Waals surface area contributed by atoms with Crippen LogP contribution in [0.2, 0.25) is 0 Å². The standard InChI is InChI=1S/C9H17Br/c1-9(2,3)7-5-4-6-8(7)10/h7-8H,4-6H2,1-3H3. The van der Waals surface area contributed by atoms with E-state index in [-0.39, 0.29) is 0 Å². The summed E-state index contributed by atoms with van der Waals surface area (Å²) in [6.45, 7) is 7.03. The fourth-order valence-electron chi connectivity index (χ4n) is 1.89. The van der Waals surface area contributed by atoms with Crippen LogP contribution in [-0.2, 0) is 0 Å². The Kier molecular flexibility index (Phi) is 2.44. The fraction of sp³-hybridized carbons (Fsp3) is 1.00. The Labute approximate surface area is 72.5 Å². The zero-order valence-corrected chi connectivity index (χ0v) is 8.74. The molecular weight excluding hydrogens is 188 g/mol. The van der Waals surface area contributed by atoms with Crippen LogP contribution in [-0.4, -0.2) is 4.83 Å². The molecule has 60 valence electrons. The van der Waals surface area contributed by atoms with Crippen molar-refractivity contribution in [2.75, 3.05) is 0 Å². The van der Waals surface area contributed by atoms with Crippen molar-refractivity contribution < 1.29 is 0 Å². The minimum Gasteiger partial charge on any atom is -0.0887 e. The highest BCUT2D eigenvalue weighted by molar-refractivity contribution is 9.09. The molecule has 1 aliphatic carbocycles. The molecule has 0 heterocycles. The average Bonchev–Trinajstić information content (AvgIpc) is 2.11. The molecule has 0 aromatic rings. The number of hydrogen-bond acceptors (Lipinski definition) is 0. The first-order valence-corrected chi connectivity index (χ1v) is 5.07. The minimum atomic E-state index is 0.505. The molecule has 0 saturated heterocycles. The highest BCUT2D eigenvalue weighted by Crippen LogP contribution is 2.42. The zero-order valence-electron chi connectivity index (χ0n) is 7.15. The van der Waals surface area contributed by atoms with Crippen LogP contribution in [0.3, 0.4) is 0 Å². The molecule has 1 heteroatoms. The number of halogens is 1. The van der Waals surface area contributed by atoms with Gasteiger partial charge in [-0.2, -0.15) is 0 Å². The van der Waals surface area contributed by atoms with Crippen LogP contribution in [0.4, 0.5) is 0 Å². The lowest BCUT2D eigenvalue weighted by Gasteiger charge is -2.29. The molecule has 2 atom stereocenters. The maximum Gasteiger partial charge on any atom is 0.0179 e. The predicted molar refractivity (Wildman–Crippen MR) is 49.5 cm³/mol. The smallest absolute Gasteiger partial charge is 0.0179 e. The Balaban J connectivity index is 2.55. The second kappa shape index (κ2) is 2.84. The SMILES string of the molecule is CC(C)(C)C1CCCC1Br. The van der Waals surface area contributed by atoms with Crippen molar-refractivity contribution in [2.45, 2.75) is 44.9 Å². The van der Waals surface area contributed by atoms with E-state index in [0.717, 1.165) is 10.7 Å². The first-order chi connectivity index (χ1) is 4.52. The molecule has 0 N–H and O–H groups in total.